The molecule has 0 atom stereocenters. The SMILES string of the molecule is CCCCOC(=O)NC12CC(NC(=O)Oc3ccccc3)(C1)C2. The molecule has 3 fully saturated rings. The number of carbonyl (C=O) groups excluding carboxylic acids is 2. The Kier molecular flexibility index (Phi) is 4.15. The Hall–Kier alpha value is -2.24. The smallest absolute Gasteiger partial charge is 0.413 e. The van der Waals surface area contributed by atoms with Crippen LogP contribution in [0.1, 0.15) is 39.0 Å². The number of para-hydroxylation sites is 1. The van der Waals surface area contributed by atoms with Crippen LogP contribution in [0.4, 0.5) is 9.59 Å². The normalized spacial score (nSPS) is 27.2. The summed E-state index contributed by atoms with van der Waals surface area (Å²) >= 11 is 0. The lowest BCUT2D eigenvalue weighted by Crippen LogP contribution is -2.84. The Balaban J connectivity index is 1.39. The van der Waals surface area contributed by atoms with Gasteiger partial charge in [0.25, 0.3) is 0 Å². The van der Waals surface area contributed by atoms with Crippen LogP contribution in [0.2, 0.25) is 0 Å². The van der Waals surface area contributed by atoms with Gasteiger partial charge in [0.2, 0.25) is 0 Å². The van der Waals surface area contributed by atoms with Crippen molar-refractivity contribution in [2.24, 2.45) is 0 Å². The number of unbranched alkanes of at least 4 members (excludes halogenated alkanes) is 1. The minimum absolute atomic E-state index is 0.205. The number of carbonyl (C=O) groups is 2. The molecule has 0 heterocycles. The van der Waals surface area contributed by atoms with Crippen molar-refractivity contribution < 1.29 is 19.1 Å². The van der Waals surface area contributed by atoms with Gasteiger partial charge in [0.1, 0.15) is 5.75 Å². The minimum Gasteiger partial charge on any atom is -0.450 e. The lowest BCUT2D eigenvalue weighted by molar-refractivity contribution is -0.0942. The highest BCUT2D eigenvalue weighted by molar-refractivity contribution is 5.74. The molecule has 2 bridgehead atoms. The number of alkyl carbamates (subject to hydrolysis) is 1. The van der Waals surface area contributed by atoms with E-state index < -0.39 is 6.09 Å². The van der Waals surface area contributed by atoms with E-state index in [0.717, 1.165) is 32.1 Å². The van der Waals surface area contributed by atoms with Crippen molar-refractivity contribution >= 4 is 12.2 Å². The third-order valence-electron chi connectivity index (χ3n) is 4.45. The number of rotatable bonds is 6. The fourth-order valence-electron chi connectivity index (χ4n) is 3.45. The molecule has 3 aliphatic carbocycles. The number of hydrogen-bond donors (Lipinski definition) is 2. The van der Waals surface area contributed by atoms with E-state index in [1.54, 1.807) is 12.1 Å². The number of benzene rings is 1. The molecule has 0 saturated heterocycles. The highest BCUT2D eigenvalue weighted by atomic mass is 16.6. The van der Waals surface area contributed by atoms with Gasteiger partial charge >= 0.3 is 12.2 Å². The molecule has 0 aliphatic heterocycles. The summed E-state index contributed by atoms with van der Waals surface area (Å²) in [6.45, 7) is 2.50. The Morgan fingerprint density at radius 2 is 1.65 bits per heavy atom. The van der Waals surface area contributed by atoms with Gasteiger partial charge in [-0.25, -0.2) is 9.59 Å². The summed E-state index contributed by atoms with van der Waals surface area (Å²) in [7, 11) is 0. The second-order valence-electron chi connectivity index (χ2n) is 6.53. The second kappa shape index (κ2) is 6.10. The molecule has 6 heteroatoms. The largest absolute Gasteiger partial charge is 0.450 e. The number of hydrogen-bond acceptors (Lipinski definition) is 4. The van der Waals surface area contributed by atoms with Crippen molar-refractivity contribution in [1.29, 1.82) is 0 Å². The van der Waals surface area contributed by atoms with Gasteiger partial charge in [0.15, 0.2) is 0 Å². The summed E-state index contributed by atoms with van der Waals surface area (Å²) in [6, 6.07) is 8.95. The third kappa shape index (κ3) is 3.41. The fraction of sp³-hybridized carbons (Fsp3) is 0.529. The zero-order valence-electron chi connectivity index (χ0n) is 13.3. The van der Waals surface area contributed by atoms with Crippen LogP contribution in [0.25, 0.3) is 0 Å². The number of nitrogens with one attached hydrogen (secondary N) is 2. The predicted molar refractivity (Wildman–Crippen MR) is 84.3 cm³/mol. The summed E-state index contributed by atoms with van der Waals surface area (Å²) in [4.78, 5) is 23.6. The standard InChI is InChI=1S/C17H22N2O4/c1-2-3-9-22-14(20)18-16-10-17(11-16,12-16)19-15(21)23-13-7-5-4-6-8-13/h4-8H,2-3,9-12H2,1H3,(H,18,20)(H,19,21). The Morgan fingerprint density at radius 1 is 1.04 bits per heavy atom. The van der Waals surface area contributed by atoms with Gasteiger partial charge in [0, 0.05) is 0 Å². The number of ether oxygens (including phenoxy) is 2. The summed E-state index contributed by atoms with van der Waals surface area (Å²) in [6.07, 6.45) is 3.24. The molecule has 0 aromatic heterocycles. The second-order valence-corrected chi connectivity index (χ2v) is 6.53. The van der Waals surface area contributed by atoms with Crippen LogP contribution in [0.5, 0.6) is 5.75 Å². The maximum Gasteiger partial charge on any atom is 0.413 e. The summed E-state index contributed by atoms with van der Waals surface area (Å²) in [5.41, 5.74) is -0.439. The van der Waals surface area contributed by atoms with Crippen molar-refractivity contribution in [2.45, 2.75) is 50.1 Å². The average molecular weight is 318 g/mol. The van der Waals surface area contributed by atoms with E-state index in [9.17, 15) is 9.59 Å². The first kappa shape index (κ1) is 15.6. The van der Waals surface area contributed by atoms with E-state index >= 15 is 0 Å². The van der Waals surface area contributed by atoms with Gasteiger partial charge in [-0.05, 0) is 37.8 Å². The molecule has 3 aliphatic rings. The van der Waals surface area contributed by atoms with Crippen molar-refractivity contribution in [3.05, 3.63) is 30.3 Å². The summed E-state index contributed by atoms with van der Waals surface area (Å²) in [5, 5.41) is 5.82. The Bertz CT molecular complexity index is 568. The lowest BCUT2D eigenvalue weighted by Gasteiger charge is -2.69. The molecule has 0 unspecified atom stereocenters. The highest BCUT2D eigenvalue weighted by Gasteiger charge is 2.69. The van der Waals surface area contributed by atoms with Gasteiger partial charge in [-0.1, -0.05) is 31.5 Å². The minimum atomic E-state index is -0.449. The summed E-state index contributed by atoms with van der Waals surface area (Å²) < 4.78 is 10.3. The maximum atomic E-state index is 11.9. The molecule has 1 aromatic rings. The van der Waals surface area contributed by atoms with E-state index in [1.165, 1.54) is 0 Å². The maximum absolute atomic E-state index is 11.9. The zero-order valence-corrected chi connectivity index (χ0v) is 13.3. The highest BCUT2D eigenvalue weighted by Crippen LogP contribution is 2.60. The van der Waals surface area contributed by atoms with Gasteiger partial charge in [-0.15, -0.1) is 0 Å². The molecule has 124 valence electrons. The molecule has 0 spiro atoms. The number of amides is 2. The van der Waals surface area contributed by atoms with E-state index in [4.69, 9.17) is 9.47 Å². The Labute approximate surface area is 135 Å². The average Bonchev–Trinajstić information content (AvgIpc) is 2.45. The molecule has 0 radical (unpaired) electrons. The van der Waals surface area contributed by atoms with E-state index in [1.807, 2.05) is 25.1 Å². The first-order valence-corrected chi connectivity index (χ1v) is 8.05. The summed E-state index contributed by atoms with van der Waals surface area (Å²) in [5.74, 6) is 0.518. The molecule has 2 N–H and O–H groups in total. The van der Waals surface area contributed by atoms with Crippen molar-refractivity contribution in [3.63, 3.8) is 0 Å². The first-order valence-electron chi connectivity index (χ1n) is 8.05. The van der Waals surface area contributed by atoms with Crippen LogP contribution in [0.15, 0.2) is 30.3 Å². The quantitative estimate of drug-likeness (QED) is 0.791. The lowest BCUT2D eigenvalue weighted by atomic mass is 9.44. The van der Waals surface area contributed by atoms with Crippen molar-refractivity contribution in [2.75, 3.05) is 6.61 Å². The van der Waals surface area contributed by atoms with E-state index in [-0.39, 0.29) is 17.2 Å². The molecule has 6 nitrogen and oxygen atoms in total. The van der Waals surface area contributed by atoms with E-state index in [0.29, 0.717) is 12.4 Å². The van der Waals surface area contributed by atoms with Gasteiger partial charge < -0.3 is 20.1 Å². The molecule has 3 saturated carbocycles. The van der Waals surface area contributed by atoms with Crippen LogP contribution in [0.3, 0.4) is 0 Å². The van der Waals surface area contributed by atoms with Gasteiger partial charge in [-0.3, -0.25) is 0 Å². The van der Waals surface area contributed by atoms with Crippen LogP contribution in [-0.4, -0.2) is 29.9 Å². The van der Waals surface area contributed by atoms with Crippen molar-refractivity contribution in [1.82, 2.24) is 10.6 Å². The van der Waals surface area contributed by atoms with E-state index in [2.05, 4.69) is 10.6 Å². The fourth-order valence-corrected chi connectivity index (χ4v) is 3.45. The topological polar surface area (TPSA) is 76.7 Å². The van der Waals surface area contributed by atoms with Crippen LogP contribution in [0, 0.1) is 0 Å². The Morgan fingerprint density at radius 3 is 2.26 bits per heavy atom. The molecule has 4 rings (SSSR count). The molecule has 1 aromatic carbocycles. The van der Waals surface area contributed by atoms with Gasteiger partial charge in [-0.2, -0.15) is 0 Å². The monoisotopic (exact) mass is 318 g/mol. The van der Waals surface area contributed by atoms with Gasteiger partial charge in [0.05, 0.1) is 17.7 Å². The molecule has 2 amide bonds. The first-order chi connectivity index (χ1) is 11.0. The zero-order chi connectivity index (χ0) is 16.3. The van der Waals surface area contributed by atoms with Crippen molar-refractivity contribution in [3.8, 4) is 5.75 Å². The van der Waals surface area contributed by atoms with Crippen LogP contribution < -0.4 is 15.4 Å². The molecule has 23 heavy (non-hydrogen) atoms. The van der Waals surface area contributed by atoms with Crippen LogP contribution >= 0.6 is 0 Å². The van der Waals surface area contributed by atoms with Crippen LogP contribution in [-0.2, 0) is 4.74 Å². The molecular formula is C17H22N2O4. The predicted octanol–water partition coefficient (Wildman–Crippen LogP) is 2.98. The third-order valence-corrected chi connectivity index (χ3v) is 4.45. The molecular weight excluding hydrogens is 296 g/mol.